The van der Waals surface area contributed by atoms with Crippen molar-refractivity contribution < 1.29 is 12.8 Å². The first kappa shape index (κ1) is 16.7. The molecule has 3 rings (SSSR count). The van der Waals surface area contributed by atoms with Crippen molar-refractivity contribution in [2.45, 2.75) is 11.8 Å². The highest BCUT2D eigenvalue weighted by atomic mass is 32.2. The van der Waals surface area contributed by atoms with Gasteiger partial charge in [-0.05, 0) is 36.2 Å². The normalized spacial score (nSPS) is 11.1. The van der Waals surface area contributed by atoms with Crippen LogP contribution in [0.2, 0.25) is 0 Å². The van der Waals surface area contributed by atoms with Gasteiger partial charge in [-0.3, -0.25) is 4.72 Å². The van der Waals surface area contributed by atoms with Crippen molar-refractivity contribution in [3.05, 3.63) is 71.7 Å². The fourth-order valence-corrected chi connectivity index (χ4v) is 3.81. The number of nitriles is 1. The van der Waals surface area contributed by atoms with E-state index in [9.17, 15) is 12.8 Å². The molecule has 126 valence electrons. The van der Waals surface area contributed by atoms with Crippen LogP contribution >= 0.6 is 0 Å². The highest BCUT2D eigenvalue weighted by molar-refractivity contribution is 7.92. The summed E-state index contributed by atoms with van der Waals surface area (Å²) in [4.78, 5) is 3.00. The molecule has 0 radical (unpaired) electrons. The largest absolute Gasteiger partial charge is 0.360 e. The number of aromatic amines is 1. The molecule has 0 spiro atoms. The lowest BCUT2D eigenvalue weighted by Gasteiger charge is -2.09. The average molecular weight is 355 g/mol. The van der Waals surface area contributed by atoms with Gasteiger partial charge in [0.2, 0.25) is 0 Å². The van der Waals surface area contributed by atoms with Gasteiger partial charge in [-0.1, -0.05) is 30.3 Å². The Hall–Kier alpha value is -3.11. The maximum Gasteiger partial charge on any atom is 0.263 e. The number of sulfonamides is 1. The minimum atomic E-state index is -3.98. The molecular formula is C18H14FN3O2S. The van der Waals surface area contributed by atoms with Crippen LogP contribution in [0.25, 0.3) is 11.3 Å². The third kappa shape index (κ3) is 3.25. The maximum atomic E-state index is 14.0. The van der Waals surface area contributed by atoms with E-state index in [1.807, 2.05) is 30.3 Å². The van der Waals surface area contributed by atoms with E-state index >= 15 is 0 Å². The van der Waals surface area contributed by atoms with E-state index in [0.717, 1.165) is 11.6 Å². The number of H-pyrrole nitrogens is 1. The summed E-state index contributed by atoms with van der Waals surface area (Å²) in [7, 11) is -3.98. The third-order valence-electron chi connectivity index (χ3n) is 3.79. The molecule has 0 aliphatic carbocycles. The van der Waals surface area contributed by atoms with Crippen LogP contribution in [0, 0.1) is 24.1 Å². The van der Waals surface area contributed by atoms with Gasteiger partial charge < -0.3 is 4.98 Å². The number of aromatic nitrogens is 1. The van der Waals surface area contributed by atoms with Gasteiger partial charge in [-0.2, -0.15) is 5.26 Å². The lowest BCUT2D eigenvalue weighted by Crippen LogP contribution is -2.14. The molecule has 0 fully saturated rings. The molecule has 0 amide bonds. The van der Waals surface area contributed by atoms with Crippen molar-refractivity contribution in [1.29, 1.82) is 5.26 Å². The Bertz CT molecular complexity index is 1070. The number of benzene rings is 2. The number of nitrogens with zero attached hydrogens (tertiary/aromatic N) is 1. The Morgan fingerprint density at radius 2 is 1.88 bits per heavy atom. The smallest absolute Gasteiger partial charge is 0.263 e. The van der Waals surface area contributed by atoms with E-state index in [2.05, 4.69) is 9.71 Å². The molecule has 0 aliphatic heterocycles. The first-order valence-electron chi connectivity index (χ1n) is 7.38. The second-order valence-electron chi connectivity index (χ2n) is 5.43. The van der Waals surface area contributed by atoms with E-state index < -0.39 is 15.8 Å². The zero-order valence-electron chi connectivity index (χ0n) is 13.2. The summed E-state index contributed by atoms with van der Waals surface area (Å²) in [6.07, 6.45) is 1.38. The van der Waals surface area contributed by atoms with Crippen LogP contribution in [-0.2, 0) is 10.0 Å². The van der Waals surface area contributed by atoms with Crippen LogP contribution in [-0.4, -0.2) is 13.4 Å². The first-order valence-corrected chi connectivity index (χ1v) is 8.86. The predicted octanol–water partition coefficient (Wildman–Crippen LogP) is 3.80. The summed E-state index contributed by atoms with van der Waals surface area (Å²) in [6.45, 7) is 1.68. The number of nitrogens with one attached hydrogen (secondary N) is 2. The van der Waals surface area contributed by atoms with Crippen LogP contribution in [0.4, 0.5) is 10.1 Å². The molecule has 0 unspecified atom stereocenters. The molecule has 0 aliphatic rings. The summed E-state index contributed by atoms with van der Waals surface area (Å²) in [5.41, 5.74) is 1.98. The molecule has 0 saturated heterocycles. The molecular weight excluding hydrogens is 341 g/mol. The van der Waals surface area contributed by atoms with Gasteiger partial charge in [-0.15, -0.1) is 0 Å². The first-order chi connectivity index (χ1) is 11.9. The van der Waals surface area contributed by atoms with Gasteiger partial charge in [0.1, 0.15) is 10.7 Å². The standard InChI is InChI=1S/C18H14FN3O2S/c1-12-17(11-21-18(12)14-5-3-2-4-6-14)25(23,24)22-16-8-7-13(10-20)9-15(16)19/h2-9,11,21-22H,1H3. The van der Waals surface area contributed by atoms with Gasteiger partial charge in [0.15, 0.2) is 0 Å². The quantitative estimate of drug-likeness (QED) is 0.746. The van der Waals surface area contributed by atoms with Gasteiger partial charge in [0.25, 0.3) is 10.0 Å². The highest BCUT2D eigenvalue weighted by Gasteiger charge is 2.22. The number of hydrogen-bond donors (Lipinski definition) is 2. The van der Waals surface area contributed by atoms with Crippen LogP contribution in [0.1, 0.15) is 11.1 Å². The van der Waals surface area contributed by atoms with E-state index in [-0.39, 0.29) is 16.1 Å². The van der Waals surface area contributed by atoms with Crippen LogP contribution in [0.3, 0.4) is 0 Å². The van der Waals surface area contributed by atoms with Crippen LogP contribution in [0.5, 0.6) is 0 Å². The van der Waals surface area contributed by atoms with Crippen LogP contribution in [0.15, 0.2) is 59.6 Å². The Morgan fingerprint density at radius 1 is 1.16 bits per heavy atom. The SMILES string of the molecule is Cc1c(S(=O)(=O)Nc2ccc(C#N)cc2F)c[nH]c1-c1ccccc1. The fraction of sp³-hybridized carbons (Fsp3) is 0.0556. The predicted molar refractivity (Wildman–Crippen MR) is 92.9 cm³/mol. The summed E-state index contributed by atoms with van der Waals surface area (Å²) in [6, 6.07) is 14.7. The van der Waals surface area contributed by atoms with Gasteiger partial charge in [0.05, 0.1) is 17.3 Å². The summed E-state index contributed by atoms with van der Waals surface area (Å²) >= 11 is 0. The third-order valence-corrected chi connectivity index (χ3v) is 5.28. The molecule has 25 heavy (non-hydrogen) atoms. The minimum absolute atomic E-state index is 0.0371. The number of halogens is 1. The average Bonchev–Trinajstić information content (AvgIpc) is 3.00. The van der Waals surface area contributed by atoms with Crippen molar-refractivity contribution in [2.75, 3.05) is 4.72 Å². The zero-order valence-corrected chi connectivity index (χ0v) is 14.1. The minimum Gasteiger partial charge on any atom is -0.360 e. The topological polar surface area (TPSA) is 85.8 Å². The monoisotopic (exact) mass is 355 g/mol. The number of anilines is 1. The number of rotatable bonds is 4. The Balaban J connectivity index is 1.97. The molecule has 3 aromatic rings. The van der Waals surface area contributed by atoms with Crippen LogP contribution < -0.4 is 4.72 Å². The Labute approximate surface area is 144 Å². The molecule has 7 heteroatoms. The van der Waals surface area contributed by atoms with Gasteiger partial charge in [0, 0.05) is 11.9 Å². The lowest BCUT2D eigenvalue weighted by atomic mass is 10.1. The Kier molecular flexibility index (Phi) is 4.30. The van der Waals surface area contributed by atoms with E-state index in [4.69, 9.17) is 5.26 Å². The second-order valence-corrected chi connectivity index (χ2v) is 7.08. The van der Waals surface area contributed by atoms with E-state index in [1.54, 1.807) is 13.0 Å². The fourth-order valence-electron chi connectivity index (χ4n) is 2.53. The molecule has 1 heterocycles. The van der Waals surface area contributed by atoms with Gasteiger partial charge in [-0.25, -0.2) is 12.8 Å². The van der Waals surface area contributed by atoms with Crippen molar-refractivity contribution in [2.24, 2.45) is 0 Å². The summed E-state index contributed by atoms with van der Waals surface area (Å²) in [5.74, 6) is -0.806. The van der Waals surface area contributed by atoms with Crippen molar-refractivity contribution in [3.63, 3.8) is 0 Å². The summed E-state index contributed by atoms with van der Waals surface area (Å²) < 4.78 is 41.4. The molecule has 1 aromatic heterocycles. The molecule has 0 saturated carbocycles. The van der Waals surface area contributed by atoms with Crippen molar-refractivity contribution in [3.8, 4) is 17.3 Å². The second kappa shape index (κ2) is 6.42. The molecule has 2 aromatic carbocycles. The lowest BCUT2D eigenvalue weighted by molar-refractivity contribution is 0.598. The molecule has 5 nitrogen and oxygen atoms in total. The molecule has 0 atom stereocenters. The van der Waals surface area contributed by atoms with Crippen molar-refractivity contribution in [1.82, 2.24) is 4.98 Å². The van der Waals surface area contributed by atoms with E-state index in [1.165, 1.54) is 18.3 Å². The summed E-state index contributed by atoms with van der Waals surface area (Å²) in [5, 5.41) is 8.75. The van der Waals surface area contributed by atoms with Crippen molar-refractivity contribution >= 4 is 15.7 Å². The molecule has 2 N–H and O–H groups in total. The molecule has 0 bridgehead atoms. The van der Waals surface area contributed by atoms with Gasteiger partial charge >= 0.3 is 0 Å². The van der Waals surface area contributed by atoms with E-state index in [0.29, 0.717) is 11.3 Å². The Morgan fingerprint density at radius 3 is 2.52 bits per heavy atom. The maximum absolute atomic E-state index is 14.0. The number of hydrogen-bond acceptors (Lipinski definition) is 3. The highest BCUT2D eigenvalue weighted by Crippen LogP contribution is 2.29. The zero-order chi connectivity index (χ0) is 18.0.